The number of pyridine rings is 1. The van der Waals surface area contributed by atoms with E-state index in [2.05, 4.69) is 31.5 Å². The molecule has 2 heterocycles. The molecule has 0 aliphatic carbocycles. The molecule has 114 valence electrons. The number of aromatic nitrogens is 1. The van der Waals surface area contributed by atoms with Crippen LogP contribution < -0.4 is 10.6 Å². The van der Waals surface area contributed by atoms with Crippen molar-refractivity contribution in [3.63, 3.8) is 0 Å². The molecule has 1 aliphatic heterocycles. The van der Waals surface area contributed by atoms with Gasteiger partial charge in [-0.15, -0.1) is 0 Å². The predicted octanol–water partition coefficient (Wildman–Crippen LogP) is 1.24. The van der Waals surface area contributed by atoms with E-state index in [-0.39, 0.29) is 17.7 Å². The molecule has 1 aromatic heterocycles. The maximum Gasteiger partial charge on any atom is 0.236 e. The summed E-state index contributed by atoms with van der Waals surface area (Å²) in [5.41, 5.74) is 0. The van der Waals surface area contributed by atoms with Crippen molar-refractivity contribution in [2.24, 2.45) is 5.92 Å². The van der Waals surface area contributed by atoms with Gasteiger partial charge in [0.15, 0.2) is 0 Å². The Labute approximate surface area is 132 Å². The smallest absolute Gasteiger partial charge is 0.236 e. The van der Waals surface area contributed by atoms with Gasteiger partial charge in [0.05, 0.1) is 6.54 Å². The van der Waals surface area contributed by atoms with Gasteiger partial charge in [0.1, 0.15) is 5.82 Å². The molecule has 0 atom stereocenters. The Balaban J connectivity index is 1.83. The Hall–Kier alpha value is -1.47. The van der Waals surface area contributed by atoms with Crippen LogP contribution in [0.2, 0.25) is 0 Å². The van der Waals surface area contributed by atoms with Gasteiger partial charge >= 0.3 is 0 Å². The summed E-state index contributed by atoms with van der Waals surface area (Å²) in [6.45, 7) is 1.61. The first-order valence-corrected chi connectivity index (χ1v) is 7.74. The molecule has 2 rings (SSSR count). The summed E-state index contributed by atoms with van der Waals surface area (Å²) in [5.74, 6) is 0.558. The van der Waals surface area contributed by atoms with Crippen molar-refractivity contribution in [1.29, 1.82) is 0 Å². The van der Waals surface area contributed by atoms with Gasteiger partial charge in [-0.25, -0.2) is 4.98 Å². The molecular formula is C14H19BrN4O2. The van der Waals surface area contributed by atoms with Crippen molar-refractivity contribution in [1.82, 2.24) is 15.2 Å². The van der Waals surface area contributed by atoms with Gasteiger partial charge < -0.3 is 15.5 Å². The Morgan fingerprint density at radius 2 is 2.10 bits per heavy atom. The van der Waals surface area contributed by atoms with Crippen molar-refractivity contribution in [2.75, 3.05) is 32.0 Å². The molecule has 0 unspecified atom stereocenters. The van der Waals surface area contributed by atoms with E-state index < -0.39 is 0 Å². The summed E-state index contributed by atoms with van der Waals surface area (Å²) < 4.78 is 0.872. The number of carbonyl (C=O) groups is 2. The van der Waals surface area contributed by atoms with Gasteiger partial charge in [0.2, 0.25) is 11.8 Å². The number of piperidine rings is 1. The molecule has 1 aromatic rings. The van der Waals surface area contributed by atoms with Crippen LogP contribution in [0, 0.1) is 5.92 Å². The summed E-state index contributed by atoms with van der Waals surface area (Å²) in [6.07, 6.45) is 3.03. The predicted molar refractivity (Wildman–Crippen MR) is 83.8 cm³/mol. The molecule has 7 heteroatoms. The molecule has 0 aromatic carbocycles. The minimum absolute atomic E-state index is 0.0227. The molecule has 1 aliphatic rings. The van der Waals surface area contributed by atoms with E-state index in [1.165, 1.54) is 0 Å². The minimum atomic E-state index is -0.0610. The van der Waals surface area contributed by atoms with E-state index in [4.69, 9.17) is 0 Å². The first kappa shape index (κ1) is 15.9. The number of likely N-dealkylation sites (tertiary alicyclic amines) is 1. The van der Waals surface area contributed by atoms with Crippen LogP contribution in [0.4, 0.5) is 5.82 Å². The summed E-state index contributed by atoms with van der Waals surface area (Å²) >= 11 is 3.30. The van der Waals surface area contributed by atoms with E-state index in [9.17, 15) is 9.59 Å². The van der Waals surface area contributed by atoms with Crippen LogP contribution >= 0.6 is 15.9 Å². The fourth-order valence-corrected chi connectivity index (χ4v) is 2.57. The first-order chi connectivity index (χ1) is 10.1. The topological polar surface area (TPSA) is 74.3 Å². The average Bonchev–Trinajstić information content (AvgIpc) is 2.50. The maximum absolute atomic E-state index is 12.2. The molecule has 1 saturated heterocycles. The standard InChI is InChI=1S/C14H19BrN4O2/c1-16-9-13(20)19-6-4-10(5-7-19)14(21)18-12-3-2-11(15)8-17-12/h2-3,8,10,16H,4-7,9H2,1H3,(H,17,18,21). The van der Waals surface area contributed by atoms with Crippen LogP contribution in [0.15, 0.2) is 22.8 Å². The zero-order chi connectivity index (χ0) is 15.2. The monoisotopic (exact) mass is 354 g/mol. The Bertz CT molecular complexity index is 498. The van der Waals surface area contributed by atoms with E-state index in [0.717, 1.165) is 4.47 Å². The van der Waals surface area contributed by atoms with Crippen LogP contribution in [0.1, 0.15) is 12.8 Å². The van der Waals surface area contributed by atoms with Crippen LogP contribution in [-0.4, -0.2) is 48.4 Å². The van der Waals surface area contributed by atoms with Crippen molar-refractivity contribution < 1.29 is 9.59 Å². The number of rotatable bonds is 4. The van der Waals surface area contributed by atoms with Gasteiger partial charge in [-0.05, 0) is 48.0 Å². The van der Waals surface area contributed by atoms with Crippen molar-refractivity contribution >= 4 is 33.6 Å². The summed E-state index contributed by atoms with van der Waals surface area (Å²) in [6, 6.07) is 3.59. The molecule has 0 saturated carbocycles. The second-order valence-electron chi connectivity index (χ2n) is 5.04. The number of hydrogen-bond acceptors (Lipinski definition) is 4. The van der Waals surface area contributed by atoms with Crippen molar-refractivity contribution in [3.05, 3.63) is 22.8 Å². The molecule has 0 bridgehead atoms. The van der Waals surface area contributed by atoms with Crippen molar-refractivity contribution in [3.8, 4) is 0 Å². The number of nitrogens with zero attached hydrogens (tertiary/aromatic N) is 2. The number of likely N-dealkylation sites (N-methyl/N-ethyl adjacent to an activating group) is 1. The van der Waals surface area contributed by atoms with Crippen LogP contribution in [-0.2, 0) is 9.59 Å². The largest absolute Gasteiger partial charge is 0.342 e. The zero-order valence-electron chi connectivity index (χ0n) is 11.9. The quantitative estimate of drug-likeness (QED) is 0.852. The number of anilines is 1. The Kier molecular flexibility index (Phi) is 5.69. The SMILES string of the molecule is CNCC(=O)N1CCC(C(=O)Nc2ccc(Br)cn2)CC1. The summed E-state index contributed by atoms with van der Waals surface area (Å²) in [5, 5.41) is 5.67. The maximum atomic E-state index is 12.2. The summed E-state index contributed by atoms with van der Waals surface area (Å²) in [7, 11) is 1.75. The minimum Gasteiger partial charge on any atom is -0.342 e. The van der Waals surface area contributed by atoms with Crippen LogP contribution in [0.3, 0.4) is 0 Å². The highest BCUT2D eigenvalue weighted by molar-refractivity contribution is 9.10. The highest BCUT2D eigenvalue weighted by Crippen LogP contribution is 2.19. The van der Waals surface area contributed by atoms with Gasteiger partial charge in [-0.3, -0.25) is 9.59 Å². The van der Waals surface area contributed by atoms with Gasteiger partial charge in [-0.1, -0.05) is 0 Å². The third kappa shape index (κ3) is 4.50. The second kappa shape index (κ2) is 7.51. The second-order valence-corrected chi connectivity index (χ2v) is 5.95. The zero-order valence-corrected chi connectivity index (χ0v) is 13.5. The van der Waals surface area contributed by atoms with Crippen molar-refractivity contribution in [2.45, 2.75) is 12.8 Å². The Morgan fingerprint density at radius 3 is 2.67 bits per heavy atom. The first-order valence-electron chi connectivity index (χ1n) is 6.95. The van der Waals surface area contributed by atoms with E-state index >= 15 is 0 Å². The molecular weight excluding hydrogens is 336 g/mol. The number of nitrogens with one attached hydrogen (secondary N) is 2. The lowest BCUT2D eigenvalue weighted by Gasteiger charge is -2.31. The molecule has 6 nitrogen and oxygen atoms in total. The average molecular weight is 355 g/mol. The fraction of sp³-hybridized carbons (Fsp3) is 0.500. The third-order valence-corrected chi connectivity index (χ3v) is 3.99. The number of hydrogen-bond donors (Lipinski definition) is 2. The number of amides is 2. The molecule has 0 spiro atoms. The molecule has 0 radical (unpaired) electrons. The van der Waals surface area contributed by atoms with Gasteiger partial charge in [-0.2, -0.15) is 0 Å². The highest BCUT2D eigenvalue weighted by Gasteiger charge is 2.27. The normalized spacial score (nSPS) is 15.8. The fourth-order valence-electron chi connectivity index (χ4n) is 2.33. The van der Waals surface area contributed by atoms with E-state index in [1.807, 2.05) is 6.07 Å². The van der Waals surface area contributed by atoms with Crippen LogP contribution in [0.5, 0.6) is 0 Å². The number of carbonyl (C=O) groups excluding carboxylic acids is 2. The lowest BCUT2D eigenvalue weighted by atomic mass is 9.96. The molecule has 2 amide bonds. The van der Waals surface area contributed by atoms with Gasteiger partial charge in [0, 0.05) is 29.7 Å². The lowest BCUT2D eigenvalue weighted by Crippen LogP contribution is -2.44. The Morgan fingerprint density at radius 1 is 1.38 bits per heavy atom. The summed E-state index contributed by atoms with van der Waals surface area (Å²) in [4.78, 5) is 29.9. The highest BCUT2D eigenvalue weighted by atomic mass is 79.9. The molecule has 21 heavy (non-hydrogen) atoms. The molecule has 1 fully saturated rings. The van der Waals surface area contributed by atoms with E-state index in [0.29, 0.717) is 38.3 Å². The van der Waals surface area contributed by atoms with Gasteiger partial charge in [0.25, 0.3) is 0 Å². The number of halogens is 1. The van der Waals surface area contributed by atoms with Crippen LogP contribution in [0.25, 0.3) is 0 Å². The molecule has 2 N–H and O–H groups in total. The third-order valence-electron chi connectivity index (χ3n) is 3.53. The lowest BCUT2D eigenvalue weighted by molar-refractivity contribution is -0.133. The van der Waals surface area contributed by atoms with E-state index in [1.54, 1.807) is 24.2 Å².